The molecule has 1 fully saturated rings. The Morgan fingerprint density at radius 1 is 1.69 bits per heavy atom. The lowest BCUT2D eigenvalue weighted by Gasteiger charge is -2.38. The molecule has 2 rings (SSSR count). The van der Waals surface area contributed by atoms with Crippen LogP contribution < -0.4 is 5.73 Å². The van der Waals surface area contributed by atoms with Crippen LogP contribution in [0.4, 0.5) is 0 Å². The maximum Gasteiger partial charge on any atom is 0.176 e. The molecule has 0 radical (unpaired) electrons. The van der Waals surface area contributed by atoms with Gasteiger partial charge in [0, 0.05) is 24.5 Å². The molecule has 1 aromatic rings. The number of H-pyrrole nitrogens is 1. The topological polar surface area (TPSA) is 68.1 Å². The summed E-state index contributed by atoms with van der Waals surface area (Å²) in [5, 5.41) is 0. The molecule has 1 aliphatic heterocycles. The van der Waals surface area contributed by atoms with E-state index < -0.39 is 5.41 Å². The van der Waals surface area contributed by atoms with Crippen LogP contribution in [-0.2, 0) is 4.74 Å². The Bertz CT molecular complexity index is 296. The molecular formula is C9H12N2O2. The van der Waals surface area contributed by atoms with Crippen molar-refractivity contribution in [2.75, 3.05) is 19.8 Å². The first-order valence-corrected chi connectivity index (χ1v) is 4.24. The van der Waals surface area contributed by atoms with Gasteiger partial charge in [-0.2, -0.15) is 0 Å². The van der Waals surface area contributed by atoms with Crippen LogP contribution in [0.5, 0.6) is 0 Å². The maximum atomic E-state index is 11.9. The molecule has 0 unspecified atom stereocenters. The van der Waals surface area contributed by atoms with Crippen molar-refractivity contribution in [1.82, 2.24) is 4.98 Å². The smallest absolute Gasteiger partial charge is 0.176 e. The summed E-state index contributed by atoms with van der Waals surface area (Å²) in [5.74, 6) is 0.0856. The van der Waals surface area contributed by atoms with E-state index in [-0.39, 0.29) is 5.78 Å². The summed E-state index contributed by atoms with van der Waals surface area (Å²) < 4.78 is 5.04. The molecule has 4 heteroatoms. The second kappa shape index (κ2) is 2.97. The predicted molar refractivity (Wildman–Crippen MR) is 47.4 cm³/mol. The summed E-state index contributed by atoms with van der Waals surface area (Å²) >= 11 is 0. The highest BCUT2D eigenvalue weighted by Crippen LogP contribution is 2.30. The molecule has 4 nitrogen and oxygen atoms in total. The number of nitrogens with two attached hydrogens (primary N) is 1. The standard InChI is InChI=1S/C9H12N2O2/c10-4-9(5-13-6-9)8(12)7-1-2-11-3-7/h1-3,11H,4-6,10H2. The van der Waals surface area contributed by atoms with Crippen molar-refractivity contribution in [3.8, 4) is 0 Å². The maximum absolute atomic E-state index is 11.9. The van der Waals surface area contributed by atoms with E-state index in [4.69, 9.17) is 10.5 Å². The number of carbonyl (C=O) groups excluding carboxylic acids is 1. The van der Waals surface area contributed by atoms with E-state index in [2.05, 4.69) is 4.98 Å². The minimum Gasteiger partial charge on any atom is -0.379 e. The molecule has 0 aliphatic carbocycles. The van der Waals surface area contributed by atoms with Gasteiger partial charge in [-0.25, -0.2) is 0 Å². The van der Waals surface area contributed by atoms with Crippen LogP contribution in [0.1, 0.15) is 10.4 Å². The van der Waals surface area contributed by atoms with Crippen LogP contribution >= 0.6 is 0 Å². The molecule has 1 saturated heterocycles. The number of hydrogen-bond acceptors (Lipinski definition) is 3. The fourth-order valence-corrected chi connectivity index (χ4v) is 1.46. The summed E-state index contributed by atoms with van der Waals surface area (Å²) in [6.07, 6.45) is 3.43. The summed E-state index contributed by atoms with van der Waals surface area (Å²) in [5.41, 5.74) is 5.80. The summed E-state index contributed by atoms with van der Waals surface area (Å²) in [6.45, 7) is 1.26. The van der Waals surface area contributed by atoms with E-state index in [0.29, 0.717) is 25.3 Å². The van der Waals surface area contributed by atoms with Gasteiger partial charge in [-0.05, 0) is 6.07 Å². The number of rotatable bonds is 3. The van der Waals surface area contributed by atoms with Crippen molar-refractivity contribution in [3.63, 3.8) is 0 Å². The number of hydrogen-bond donors (Lipinski definition) is 2. The second-order valence-electron chi connectivity index (χ2n) is 3.41. The van der Waals surface area contributed by atoms with Crippen LogP contribution in [-0.4, -0.2) is 30.5 Å². The molecule has 1 aromatic heterocycles. The van der Waals surface area contributed by atoms with Gasteiger partial charge in [-0.3, -0.25) is 4.79 Å². The molecule has 3 N–H and O–H groups in total. The van der Waals surface area contributed by atoms with Crippen molar-refractivity contribution in [3.05, 3.63) is 24.0 Å². The summed E-state index contributed by atoms with van der Waals surface area (Å²) in [4.78, 5) is 14.7. The van der Waals surface area contributed by atoms with E-state index in [1.54, 1.807) is 18.5 Å². The monoisotopic (exact) mass is 180 g/mol. The molecular weight excluding hydrogens is 168 g/mol. The highest BCUT2D eigenvalue weighted by atomic mass is 16.5. The van der Waals surface area contributed by atoms with Gasteiger partial charge in [0.25, 0.3) is 0 Å². The quantitative estimate of drug-likeness (QED) is 0.652. The lowest BCUT2D eigenvalue weighted by Crippen LogP contribution is -2.53. The van der Waals surface area contributed by atoms with Crippen LogP contribution in [0.25, 0.3) is 0 Å². The number of aromatic amines is 1. The molecule has 0 atom stereocenters. The third-order valence-corrected chi connectivity index (χ3v) is 2.49. The second-order valence-corrected chi connectivity index (χ2v) is 3.41. The first-order chi connectivity index (χ1) is 6.28. The SMILES string of the molecule is NCC1(C(=O)c2cc[nH]c2)COC1. The Morgan fingerprint density at radius 2 is 2.46 bits per heavy atom. The fraction of sp³-hybridized carbons (Fsp3) is 0.444. The Morgan fingerprint density at radius 3 is 2.85 bits per heavy atom. The minimum absolute atomic E-state index is 0.0856. The predicted octanol–water partition coefficient (Wildman–Crippen LogP) is 0.173. The van der Waals surface area contributed by atoms with E-state index >= 15 is 0 Å². The van der Waals surface area contributed by atoms with Crippen molar-refractivity contribution < 1.29 is 9.53 Å². The molecule has 0 bridgehead atoms. The molecule has 1 aliphatic rings. The van der Waals surface area contributed by atoms with Crippen molar-refractivity contribution >= 4 is 5.78 Å². The highest BCUT2D eigenvalue weighted by molar-refractivity contribution is 6.01. The first kappa shape index (κ1) is 8.47. The van der Waals surface area contributed by atoms with Crippen LogP contribution in [0.15, 0.2) is 18.5 Å². The molecule has 2 heterocycles. The van der Waals surface area contributed by atoms with E-state index in [9.17, 15) is 4.79 Å². The van der Waals surface area contributed by atoms with Crippen LogP contribution in [0.3, 0.4) is 0 Å². The first-order valence-electron chi connectivity index (χ1n) is 4.24. The molecule has 70 valence electrons. The fourth-order valence-electron chi connectivity index (χ4n) is 1.46. The number of ether oxygens (including phenoxy) is 1. The van der Waals surface area contributed by atoms with Crippen LogP contribution in [0.2, 0.25) is 0 Å². The Hall–Kier alpha value is -1.13. The summed E-state index contributed by atoms with van der Waals surface area (Å²) in [7, 11) is 0. The Labute approximate surface area is 76.1 Å². The van der Waals surface area contributed by atoms with Gasteiger partial charge in [-0.1, -0.05) is 0 Å². The lowest BCUT2D eigenvalue weighted by atomic mass is 9.79. The van der Waals surface area contributed by atoms with Crippen molar-refractivity contribution in [1.29, 1.82) is 0 Å². The third kappa shape index (κ3) is 1.18. The normalized spacial score (nSPS) is 19.5. The van der Waals surface area contributed by atoms with E-state index in [1.807, 2.05) is 0 Å². The molecule has 0 saturated carbocycles. The van der Waals surface area contributed by atoms with Gasteiger partial charge >= 0.3 is 0 Å². The highest BCUT2D eigenvalue weighted by Gasteiger charge is 2.44. The van der Waals surface area contributed by atoms with Gasteiger partial charge in [0.15, 0.2) is 5.78 Å². The van der Waals surface area contributed by atoms with Crippen molar-refractivity contribution in [2.45, 2.75) is 0 Å². The molecule has 13 heavy (non-hydrogen) atoms. The number of ketones is 1. The summed E-state index contributed by atoms with van der Waals surface area (Å²) in [6, 6.07) is 1.76. The van der Waals surface area contributed by atoms with Gasteiger partial charge in [-0.15, -0.1) is 0 Å². The van der Waals surface area contributed by atoms with Gasteiger partial charge in [0.2, 0.25) is 0 Å². The van der Waals surface area contributed by atoms with Crippen molar-refractivity contribution in [2.24, 2.45) is 11.1 Å². The van der Waals surface area contributed by atoms with Gasteiger partial charge < -0.3 is 15.5 Å². The number of nitrogens with one attached hydrogen (secondary N) is 1. The molecule has 0 aromatic carbocycles. The Balaban J connectivity index is 2.21. The van der Waals surface area contributed by atoms with Gasteiger partial charge in [0.1, 0.15) is 0 Å². The van der Waals surface area contributed by atoms with E-state index in [1.165, 1.54) is 0 Å². The lowest BCUT2D eigenvalue weighted by molar-refractivity contribution is -0.0816. The molecule has 0 spiro atoms. The average Bonchev–Trinajstić information content (AvgIpc) is 2.54. The van der Waals surface area contributed by atoms with Gasteiger partial charge in [0.05, 0.1) is 18.6 Å². The molecule has 0 amide bonds. The zero-order valence-corrected chi connectivity index (χ0v) is 7.25. The number of carbonyl (C=O) groups is 1. The third-order valence-electron chi connectivity index (χ3n) is 2.49. The zero-order valence-electron chi connectivity index (χ0n) is 7.25. The number of aromatic nitrogens is 1. The Kier molecular flexibility index (Phi) is 1.94. The zero-order chi connectivity index (χ0) is 9.31. The average molecular weight is 180 g/mol. The largest absolute Gasteiger partial charge is 0.379 e. The minimum atomic E-state index is -0.456. The number of Topliss-reactive ketones (excluding diaryl/α,β-unsaturated/α-hetero) is 1. The van der Waals surface area contributed by atoms with Crippen LogP contribution in [0, 0.1) is 5.41 Å². The van der Waals surface area contributed by atoms with E-state index in [0.717, 1.165) is 0 Å².